The second-order valence-corrected chi connectivity index (χ2v) is 8.85. The predicted octanol–water partition coefficient (Wildman–Crippen LogP) is 5.91. The summed E-state index contributed by atoms with van der Waals surface area (Å²) in [7, 11) is 0. The van der Waals surface area contributed by atoms with E-state index in [9.17, 15) is 14.4 Å². The molecule has 6 nitrogen and oxygen atoms in total. The number of carbonyl (C=O) groups is 3. The van der Waals surface area contributed by atoms with Crippen molar-refractivity contribution in [3.05, 3.63) is 101 Å². The van der Waals surface area contributed by atoms with Crippen molar-refractivity contribution in [1.82, 2.24) is 0 Å². The Morgan fingerprint density at radius 3 is 2.11 bits per heavy atom. The molecule has 1 aliphatic heterocycles. The van der Waals surface area contributed by atoms with Gasteiger partial charge in [-0.3, -0.25) is 14.4 Å². The highest BCUT2D eigenvalue weighted by Crippen LogP contribution is 2.31. The normalized spacial score (nSPS) is 13.6. The Hall–Kier alpha value is -3.90. The molecule has 0 aromatic heterocycles. The maximum atomic E-state index is 13.0. The molecule has 0 saturated heterocycles. The third-order valence-corrected chi connectivity index (χ3v) is 6.23. The first-order valence-corrected chi connectivity index (χ1v) is 11.8. The van der Waals surface area contributed by atoms with Crippen molar-refractivity contribution in [3.8, 4) is 0 Å². The number of nitrogens with one attached hydrogen (secondary N) is 1. The highest BCUT2D eigenvalue weighted by molar-refractivity contribution is 6.53. The first-order valence-electron chi connectivity index (χ1n) is 11.4. The highest BCUT2D eigenvalue weighted by Gasteiger charge is 2.39. The molecule has 4 rings (SSSR count). The molecule has 0 unspecified atom stereocenters. The minimum Gasteiger partial charge on any atom is -0.350 e. The van der Waals surface area contributed by atoms with Crippen LogP contribution in [0.2, 0.25) is 0 Å². The molecule has 178 valence electrons. The van der Waals surface area contributed by atoms with Gasteiger partial charge in [0, 0.05) is 23.5 Å². The molecule has 1 aliphatic rings. The van der Waals surface area contributed by atoms with Crippen molar-refractivity contribution >= 4 is 46.4 Å². The first-order chi connectivity index (χ1) is 16.8. The van der Waals surface area contributed by atoms with Crippen molar-refractivity contribution in [2.45, 2.75) is 26.7 Å². The van der Waals surface area contributed by atoms with E-state index in [4.69, 9.17) is 11.6 Å². The summed E-state index contributed by atoms with van der Waals surface area (Å²) < 4.78 is 0. The molecule has 3 aromatic carbocycles. The van der Waals surface area contributed by atoms with Gasteiger partial charge in [0.1, 0.15) is 10.7 Å². The van der Waals surface area contributed by atoms with Gasteiger partial charge in [0.2, 0.25) is 0 Å². The fourth-order valence-electron chi connectivity index (χ4n) is 3.90. The Balaban J connectivity index is 1.50. The molecule has 1 N–H and O–H groups in total. The largest absolute Gasteiger partial charge is 0.350 e. The van der Waals surface area contributed by atoms with E-state index >= 15 is 0 Å². The van der Waals surface area contributed by atoms with Crippen molar-refractivity contribution < 1.29 is 14.4 Å². The molecule has 0 radical (unpaired) electrons. The number of hydrogen-bond donors (Lipinski definition) is 1. The number of nitrogens with zero attached hydrogens (tertiary/aromatic N) is 2. The predicted molar refractivity (Wildman–Crippen MR) is 140 cm³/mol. The van der Waals surface area contributed by atoms with E-state index in [1.165, 1.54) is 0 Å². The number of hydrogen-bond acceptors (Lipinski definition) is 4. The zero-order chi connectivity index (χ0) is 25.1. The molecule has 0 aliphatic carbocycles. The van der Waals surface area contributed by atoms with Crippen LogP contribution in [0.5, 0.6) is 0 Å². The van der Waals surface area contributed by atoms with Crippen LogP contribution < -0.4 is 15.1 Å². The van der Waals surface area contributed by atoms with Crippen molar-refractivity contribution in [1.29, 1.82) is 0 Å². The van der Waals surface area contributed by atoms with Crippen LogP contribution in [-0.4, -0.2) is 24.3 Å². The Morgan fingerprint density at radius 2 is 1.54 bits per heavy atom. The third-order valence-electron chi connectivity index (χ3n) is 5.88. The van der Waals surface area contributed by atoms with Crippen LogP contribution in [-0.2, 0) is 9.59 Å². The summed E-state index contributed by atoms with van der Waals surface area (Å²) in [5.74, 6) is -0.908. The van der Waals surface area contributed by atoms with E-state index in [1.54, 1.807) is 41.3 Å². The fourth-order valence-corrected chi connectivity index (χ4v) is 4.11. The fraction of sp³-hybridized carbons (Fsp3) is 0.179. The molecule has 3 aromatic rings. The molecule has 35 heavy (non-hydrogen) atoms. The number of amides is 3. The van der Waals surface area contributed by atoms with E-state index in [0.717, 1.165) is 16.2 Å². The van der Waals surface area contributed by atoms with Gasteiger partial charge in [0.15, 0.2) is 0 Å². The lowest BCUT2D eigenvalue weighted by atomic mass is 10.0. The Morgan fingerprint density at radius 1 is 0.914 bits per heavy atom. The smallest absolute Gasteiger partial charge is 0.283 e. The summed E-state index contributed by atoms with van der Waals surface area (Å²) in [6.45, 7) is 6.58. The monoisotopic (exact) mass is 487 g/mol. The van der Waals surface area contributed by atoms with Crippen LogP contribution in [0.1, 0.15) is 42.6 Å². The second kappa shape index (κ2) is 10.2. The van der Waals surface area contributed by atoms with E-state index in [1.807, 2.05) is 49.4 Å². The lowest BCUT2D eigenvalue weighted by Crippen LogP contribution is -2.32. The van der Waals surface area contributed by atoms with Crippen molar-refractivity contribution in [2.24, 2.45) is 0 Å². The lowest BCUT2D eigenvalue weighted by molar-refractivity contribution is -0.120. The molecular formula is C28H26ClN3O3. The number of anilines is 3. The number of benzene rings is 3. The van der Waals surface area contributed by atoms with Gasteiger partial charge in [0.05, 0.1) is 5.69 Å². The number of rotatable bonds is 7. The van der Waals surface area contributed by atoms with Crippen molar-refractivity contribution in [3.63, 3.8) is 0 Å². The van der Waals surface area contributed by atoms with Crippen LogP contribution in [0.15, 0.2) is 89.6 Å². The first kappa shape index (κ1) is 24.2. The van der Waals surface area contributed by atoms with Crippen LogP contribution in [0.4, 0.5) is 17.1 Å². The summed E-state index contributed by atoms with van der Waals surface area (Å²) in [4.78, 5) is 41.6. The van der Waals surface area contributed by atoms with E-state index < -0.39 is 11.8 Å². The third kappa shape index (κ3) is 4.84. The van der Waals surface area contributed by atoms with Crippen LogP contribution in [0, 0.1) is 0 Å². The topological polar surface area (TPSA) is 69.7 Å². The van der Waals surface area contributed by atoms with Gasteiger partial charge >= 0.3 is 0 Å². The van der Waals surface area contributed by atoms with Gasteiger partial charge in [0.25, 0.3) is 17.7 Å². The Bertz CT molecular complexity index is 1280. The maximum absolute atomic E-state index is 13.0. The number of para-hydroxylation sites is 1. The van der Waals surface area contributed by atoms with Crippen LogP contribution in [0.3, 0.4) is 0 Å². The molecule has 3 amide bonds. The number of carbonyl (C=O) groups excluding carboxylic acids is 3. The molecule has 1 heterocycles. The molecule has 0 spiro atoms. The van der Waals surface area contributed by atoms with Gasteiger partial charge in [-0.2, -0.15) is 0 Å². The minimum absolute atomic E-state index is 0.00292. The van der Waals surface area contributed by atoms with Gasteiger partial charge in [-0.1, -0.05) is 55.8 Å². The Labute approximate surface area is 209 Å². The minimum atomic E-state index is -0.579. The van der Waals surface area contributed by atoms with Gasteiger partial charge in [-0.25, -0.2) is 4.90 Å². The summed E-state index contributed by atoms with van der Waals surface area (Å²) in [6, 6.07) is 23.4. The Kier molecular flexibility index (Phi) is 7.03. The standard InChI is InChI=1S/C28H26ClN3O3/c1-4-31(22-8-6-5-7-9-22)26(33)20-10-14-21(15-11-20)30-25-24(29)27(34)32(28(25)35)23-16-12-19(13-17-23)18(2)3/h5-18,30H,4H2,1-3H3. The van der Waals surface area contributed by atoms with E-state index in [0.29, 0.717) is 29.4 Å². The second-order valence-electron chi connectivity index (χ2n) is 8.47. The SMILES string of the molecule is CCN(C(=O)c1ccc(NC2=C(Cl)C(=O)N(c3ccc(C(C)C)cc3)C2=O)cc1)c1ccccc1. The average Bonchev–Trinajstić information content (AvgIpc) is 3.08. The van der Waals surface area contributed by atoms with E-state index in [2.05, 4.69) is 19.2 Å². The zero-order valence-electron chi connectivity index (χ0n) is 19.8. The summed E-state index contributed by atoms with van der Waals surface area (Å²) in [5, 5.41) is 2.78. The highest BCUT2D eigenvalue weighted by atomic mass is 35.5. The van der Waals surface area contributed by atoms with Crippen LogP contribution in [0.25, 0.3) is 0 Å². The van der Waals surface area contributed by atoms with Crippen LogP contribution >= 0.6 is 11.6 Å². The number of imide groups is 1. The molecule has 0 saturated carbocycles. The molecule has 0 fully saturated rings. The summed E-state index contributed by atoms with van der Waals surface area (Å²) in [5.41, 5.74) is 3.42. The molecular weight excluding hydrogens is 462 g/mol. The molecule has 0 bridgehead atoms. The van der Waals surface area contributed by atoms with Gasteiger partial charge < -0.3 is 10.2 Å². The average molecular weight is 488 g/mol. The number of halogens is 1. The molecule has 0 atom stereocenters. The van der Waals surface area contributed by atoms with E-state index in [-0.39, 0.29) is 16.6 Å². The zero-order valence-corrected chi connectivity index (χ0v) is 20.5. The quantitative estimate of drug-likeness (QED) is 0.420. The maximum Gasteiger partial charge on any atom is 0.283 e. The van der Waals surface area contributed by atoms with Crippen molar-refractivity contribution in [2.75, 3.05) is 21.7 Å². The lowest BCUT2D eigenvalue weighted by Gasteiger charge is -2.21. The summed E-state index contributed by atoms with van der Waals surface area (Å²) >= 11 is 6.25. The van der Waals surface area contributed by atoms with Gasteiger partial charge in [-0.05, 0) is 66.9 Å². The summed E-state index contributed by atoms with van der Waals surface area (Å²) in [6.07, 6.45) is 0. The van der Waals surface area contributed by atoms with Gasteiger partial charge in [-0.15, -0.1) is 0 Å². The molecule has 7 heteroatoms.